The van der Waals surface area contributed by atoms with Crippen molar-refractivity contribution in [3.63, 3.8) is 0 Å². The zero-order valence-electron chi connectivity index (χ0n) is 10.5. The molecule has 0 radical (unpaired) electrons. The molecule has 0 fully saturated rings. The van der Waals surface area contributed by atoms with E-state index in [0.717, 1.165) is 28.3 Å². The van der Waals surface area contributed by atoms with Crippen molar-refractivity contribution >= 4 is 0 Å². The molecule has 0 saturated carbocycles. The van der Waals surface area contributed by atoms with Gasteiger partial charge in [0.25, 0.3) is 0 Å². The summed E-state index contributed by atoms with van der Waals surface area (Å²) in [6, 6.07) is 5.79. The maximum atomic E-state index is 5.39. The summed E-state index contributed by atoms with van der Waals surface area (Å²) in [5.74, 6) is 1.58. The summed E-state index contributed by atoms with van der Waals surface area (Å²) >= 11 is 0. The van der Waals surface area contributed by atoms with E-state index in [2.05, 4.69) is 5.10 Å². The first-order chi connectivity index (χ1) is 8.15. The van der Waals surface area contributed by atoms with Gasteiger partial charge in [-0.15, -0.1) is 0 Å². The minimum Gasteiger partial charge on any atom is -0.497 e. The third kappa shape index (κ3) is 2.11. The monoisotopic (exact) mass is 232 g/mol. The molecule has 0 atom stereocenters. The minimum atomic E-state index is 0.784. The first-order valence-corrected chi connectivity index (χ1v) is 5.38. The summed E-state index contributed by atoms with van der Waals surface area (Å²) in [7, 11) is 5.21. The molecule has 1 aromatic heterocycles. The molecule has 1 heterocycles. The van der Waals surface area contributed by atoms with Crippen LogP contribution in [0.1, 0.15) is 5.69 Å². The van der Waals surface area contributed by atoms with Gasteiger partial charge < -0.3 is 9.47 Å². The normalized spacial score (nSPS) is 10.4. The van der Waals surface area contributed by atoms with Crippen LogP contribution in [0.2, 0.25) is 0 Å². The number of methoxy groups -OCH3 is 2. The van der Waals surface area contributed by atoms with Gasteiger partial charge in [0.1, 0.15) is 11.5 Å². The summed E-state index contributed by atoms with van der Waals surface area (Å²) in [4.78, 5) is 0. The Labute approximate surface area is 101 Å². The molecule has 0 N–H and O–H groups in total. The van der Waals surface area contributed by atoms with E-state index in [4.69, 9.17) is 9.47 Å². The Hall–Kier alpha value is -1.97. The molecular weight excluding hydrogens is 216 g/mol. The van der Waals surface area contributed by atoms with Crippen LogP contribution in [-0.2, 0) is 7.05 Å². The van der Waals surface area contributed by atoms with Crippen molar-refractivity contribution in [2.24, 2.45) is 7.05 Å². The largest absolute Gasteiger partial charge is 0.497 e. The number of aryl methyl sites for hydroxylation is 2. The summed E-state index contributed by atoms with van der Waals surface area (Å²) in [5.41, 5.74) is 3.09. The minimum absolute atomic E-state index is 0.784. The lowest BCUT2D eigenvalue weighted by atomic mass is 10.1. The lowest BCUT2D eigenvalue weighted by Gasteiger charge is -2.09. The molecule has 0 bridgehead atoms. The van der Waals surface area contributed by atoms with Crippen LogP contribution in [0.5, 0.6) is 11.5 Å². The van der Waals surface area contributed by atoms with Gasteiger partial charge in [0.05, 0.1) is 19.9 Å². The fourth-order valence-corrected chi connectivity index (χ4v) is 1.89. The average molecular weight is 232 g/mol. The molecule has 0 aliphatic heterocycles. The van der Waals surface area contributed by atoms with Crippen LogP contribution in [0.15, 0.2) is 24.4 Å². The predicted molar refractivity (Wildman–Crippen MR) is 66.5 cm³/mol. The highest BCUT2D eigenvalue weighted by molar-refractivity contribution is 5.72. The SMILES string of the molecule is COc1ccc(-c2cn(C)nc2C)c(OC)c1. The second kappa shape index (κ2) is 4.49. The quantitative estimate of drug-likeness (QED) is 0.815. The maximum Gasteiger partial charge on any atom is 0.130 e. The van der Waals surface area contributed by atoms with Gasteiger partial charge in [-0.2, -0.15) is 5.10 Å². The molecule has 17 heavy (non-hydrogen) atoms. The summed E-state index contributed by atoms with van der Waals surface area (Å²) in [6.45, 7) is 1.99. The molecule has 90 valence electrons. The molecule has 4 nitrogen and oxygen atoms in total. The van der Waals surface area contributed by atoms with Crippen LogP contribution < -0.4 is 9.47 Å². The molecule has 0 aliphatic rings. The van der Waals surface area contributed by atoms with Crippen molar-refractivity contribution in [3.05, 3.63) is 30.1 Å². The topological polar surface area (TPSA) is 36.3 Å². The molecule has 1 aromatic carbocycles. The number of ether oxygens (including phenoxy) is 2. The Morgan fingerprint density at radius 1 is 1.12 bits per heavy atom. The summed E-state index contributed by atoms with van der Waals surface area (Å²) < 4.78 is 12.4. The predicted octanol–water partition coefficient (Wildman–Crippen LogP) is 2.41. The van der Waals surface area contributed by atoms with E-state index >= 15 is 0 Å². The molecule has 0 amide bonds. The Bertz CT molecular complexity index is 532. The van der Waals surface area contributed by atoms with Gasteiger partial charge >= 0.3 is 0 Å². The van der Waals surface area contributed by atoms with E-state index in [1.807, 2.05) is 38.4 Å². The molecule has 0 saturated heterocycles. The summed E-state index contributed by atoms with van der Waals surface area (Å²) in [6.07, 6.45) is 1.99. The Balaban J connectivity index is 2.55. The van der Waals surface area contributed by atoms with Gasteiger partial charge in [-0.25, -0.2) is 0 Å². The zero-order chi connectivity index (χ0) is 12.4. The van der Waals surface area contributed by atoms with E-state index in [-0.39, 0.29) is 0 Å². The Morgan fingerprint density at radius 2 is 1.88 bits per heavy atom. The number of hydrogen-bond donors (Lipinski definition) is 0. The Kier molecular flexibility index (Phi) is 3.04. The van der Waals surface area contributed by atoms with Gasteiger partial charge in [-0.05, 0) is 19.1 Å². The van der Waals surface area contributed by atoms with Gasteiger partial charge in [0.15, 0.2) is 0 Å². The van der Waals surface area contributed by atoms with E-state index in [1.54, 1.807) is 18.9 Å². The van der Waals surface area contributed by atoms with Crippen molar-refractivity contribution in [2.75, 3.05) is 14.2 Å². The van der Waals surface area contributed by atoms with Crippen molar-refractivity contribution in [2.45, 2.75) is 6.92 Å². The smallest absolute Gasteiger partial charge is 0.130 e. The first-order valence-electron chi connectivity index (χ1n) is 5.38. The first kappa shape index (κ1) is 11.5. The number of hydrogen-bond acceptors (Lipinski definition) is 3. The average Bonchev–Trinajstić information content (AvgIpc) is 2.67. The van der Waals surface area contributed by atoms with Crippen molar-refractivity contribution in [1.82, 2.24) is 9.78 Å². The number of aromatic nitrogens is 2. The maximum absolute atomic E-state index is 5.39. The fourth-order valence-electron chi connectivity index (χ4n) is 1.89. The third-order valence-electron chi connectivity index (χ3n) is 2.71. The van der Waals surface area contributed by atoms with Crippen LogP contribution in [0.4, 0.5) is 0 Å². The van der Waals surface area contributed by atoms with Crippen LogP contribution in [0.25, 0.3) is 11.1 Å². The molecule has 0 unspecified atom stereocenters. The Morgan fingerprint density at radius 3 is 2.41 bits per heavy atom. The van der Waals surface area contributed by atoms with Gasteiger partial charge in [0, 0.05) is 30.4 Å². The molecule has 4 heteroatoms. The van der Waals surface area contributed by atoms with Crippen LogP contribution in [-0.4, -0.2) is 24.0 Å². The van der Waals surface area contributed by atoms with Crippen molar-refractivity contribution in [1.29, 1.82) is 0 Å². The molecule has 0 aliphatic carbocycles. The highest BCUT2D eigenvalue weighted by Gasteiger charge is 2.12. The van der Waals surface area contributed by atoms with Crippen molar-refractivity contribution < 1.29 is 9.47 Å². The van der Waals surface area contributed by atoms with Gasteiger partial charge in [0.2, 0.25) is 0 Å². The molecule has 0 spiro atoms. The highest BCUT2D eigenvalue weighted by atomic mass is 16.5. The van der Waals surface area contributed by atoms with Gasteiger partial charge in [-0.1, -0.05) is 0 Å². The lowest BCUT2D eigenvalue weighted by Crippen LogP contribution is -1.90. The fraction of sp³-hybridized carbons (Fsp3) is 0.308. The van der Waals surface area contributed by atoms with Crippen LogP contribution in [0, 0.1) is 6.92 Å². The van der Waals surface area contributed by atoms with Crippen molar-refractivity contribution in [3.8, 4) is 22.6 Å². The number of rotatable bonds is 3. The molecule has 2 rings (SSSR count). The lowest BCUT2D eigenvalue weighted by molar-refractivity contribution is 0.395. The molecular formula is C13H16N2O2. The second-order valence-corrected chi connectivity index (χ2v) is 3.87. The highest BCUT2D eigenvalue weighted by Crippen LogP contribution is 2.34. The third-order valence-corrected chi connectivity index (χ3v) is 2.71. The zero-order valence-corrected chi connectivity index (χ0v) is 10.5. The number of nitrogens with zero attached hydrogens (tertiary/aromatic N) is 2. The van der Waals surface area contributed by atoms with Crippen LogP contribution >= 0.6 is 0 Å². The van der Waals surface area contributed by atoms with Crippen LogP contribution in [0.3, 0.4) is 0 Å². The number of benzene rings is 1. The van der Waals surface area contributed by atoms with E-state index < -0.39 is 0 Å². The van der Waals surface area contributed by atoms with Gasteiger partial charge in [-0.3, -0.25) is 4.68 Å². The standard InChI is InChI=1S/C13H16N2O2/c1-9-12(8-15(2)14-9)11-6-5-10(16-3)7-13(11)17-4/h5-8H,1-4H3. The van der Waals surface area contributed by atoms with E-state index in [0.29, 0.717) is 0 Å². The molecule has 2 aromatic rings. The van der Waals surface area contributed by atoms with E-state index in [9.17, 15) is 0 Å². The van der Waals surface area contributed by atoms with E-state index in [1.165, 1.54) is 0 Å². The summed E-state index contributed by atoms with van der Waals surface area (Å²) in [5, 5.41) is 4.34. The second-order valence-electron chi connectivity index (χ2n) is 3.87.